The SMILES string of the molecule is CC(C)(C)OC(=O)Cn1c(-c2cnccn2)noc1=O. The Hall–Kier alpha value is -2.51. The van der Waals surface area contributed by atoms with E-state index in [0.29, 0.717) is 5.69 Å². The third-order valence-electron chi connectivity index (χ3n) is 2.19. The molecule has 0 unspecified atom stereocenters. The van der Waals surface area contributed by atoms with Crippen molar-refractivity contribution < 1.29 is 14.1 Å². The van der Waals surface area contributed by atoms with E-state index in [1.807, 2.05) is 0 Å². The van der Waals surface area contributed by atoms with Crippen LogP contribution in [0.3, 0.4) is 0 Å². The second-order valence-corrected chi connectivity index (χ2v) is 5.04. The van der Waals surface area contributed by atoms with E-state index < -0.39 is 17.3 Å². The van der Waals surface area contributed by atoms with Gasteiger partial charge in [-0.05, 0) is 20.8 Å². The van der Waals surface area contributed by atoms with Crippen LogP contribution in [0.4, 0.5) is 0 Å². The number of esters is 1. The van der Waals surface area contributed by atoms with Gasteiger partial charge in [-0.2, -0.15) is 0 Å². The Labute approximate surface area is 114 Å². The summed E-state index contributed by atoms with van der Waals surface area (Å²) in [5, 5.41) is 3.60. The molecule has 0 aliphatic rings. The van der Waals surface area contributed by atoms with Crippen LogP contribution >= 0.6 is 0 Å². The fraction of sp³-hybridized carbons (Fsp3) is 0.417. The van der Waals surface area contributed by atoms with Crippen molar-refractivity contribution in [2.45, 2.75) is 32.9 Å². The van der Waals surface area contributed by atoms with Crippen LogP contribution in [-0.4, -0.2) is 31.3 Å². The van der Waals surface area contributed by atoms with Gasteiger partial charge in [-0.1, -0.05) is 5.16 Å². The minimum Gasteiger partial charge on any atom is -0.459 e. The summed E-state index contributed by atoms with van der Waals surface area (Å²) in [6.07, 6.45) is 4.36. The van der Waals surface area contributed by atoms with Crippen molar-refractivity contribution in [1.29, 1.82) is 0 Å². The molecule has 0 spiro atoms. The van der Waals surface area contributed by atoms with E-state index in [2.05, 4.69) is 19.6 Å². The highest BCUT2D eigenvalue weighted by atomic mass is 16.6. The second kappa shape index (κ2) is 5.24. The average Bonchev–Trinajstić information content (AvgIpc) is 2.70. The summed E-state index contributed by atoms with van der Waals surface area (Å²) in [5.41, 5.74) is -0.299. The maximum atomic E-state index is 11.8. The number of hydrogen-bond acceptors (Lipinski definition) is 7. The van der Waals surface area contributed by atoms with Gasteiger partial charge in [0, 0.05) is 12.4 Å². The predicted molar refractivity (Wildman–Crippen MR) is 67.6 cm³/mol. The molecule has 0 atom stereocenters. The molecule has 0 radical (unpaired) electrons. The number of carbonyl (C=O) groups excluding carboxylic acids is 1. The van der Waals surface area contributed by atoms with E-state index in [1.165, 1.54) is 18.6 Å². The molecule has 0 amide bonds. The molecule has 0 saturated heterocycles. The van der Waals surface area contributed by atoms with Crippen LogP contribution in [0.1, 0.15) is 20.8 Å². The van der Waals surface area contributed by atoms with Gasteiger partial charge in [-0.15, -0.1) is 0 Å². The van der Waals surface area contributed by atoms with Gasteiger partial charge < -0.3 is 4.74 Å². The largest absolute Gasteiger partial charge is 0.459 e. The Bertz CT molecular complexity index is 654. The third-order valence-corrected chi connectivity index (χ3v) is 2.19. The quantitative estimate of drug-likeness (QED) is 0.759. The van der Waals surface area contributed by atoms with Crippen molar-refractivity contribution in [3.63, 3.8) is 0 Å². The lowest BCUT2D eigenvalue weighted by molar-refractivity contribution is -0.155. The topological polar surface area (TPSA) is 100 Å². The summed E-state index contributed by atoms with van der Waals surface area (Å²) in [6.45, 7) is 4.92. The summed E-state index contributed by atoms with van der Waals surface area (Å²) < 4.78 is 10.8. The highest BCUT2D eigenvalue weighted by molar-refractivity contribution is 5.70. The summed E-state index contributed by atoms with van der Waals surface area (Å²) in [7, 11) is 0. The standard InChI is InChI=1S/C12H14N4O4/c1-12(2,3)19-9(17)7-16-10(15-20-11(16)18)8-6-13-4-5-14-8/h4-6H,7H2,1-3H3. The molecule has 20 heavy (non-hydrogen) atoms. The van der Waals surface area contributed by atoms with E-state index in [1.54, 1.807) is 20.8 Å². The van der Waals surface area contributed by atoms with E-state index in [4.69, 9.17) is 4.74 Å². The van der Waals surface area contributed by atoms with Crippen LogP contribution in [0.25, 0.3) is 11.5 Å². The highest BCUT2D eigenvalue weighted by Crippen LogP contribution is 2.12. The van der Waals surface area contributed by atoms with Crippen LogP contribution in [0.2, 0.25) is 0 Å². The van der Waals surface area contributed by atoms with Crippen LogP contribution in [0.5, 0.6) is 0 Å². The zero-order valence-corrected chi connectivity index (χ0v) is 11.4. The molecule has 0 bridgehead atoms. The smallest absolute Gasteiger partial charge is 0.442 e. The molecular formula is C12H14N4O4. The van der Waals surface area contributed by atoms with E-state index in [-0.39, 0.29) is 12.4 Å². The van der Waals surface area contributed by atoms with Crippen LogP contribution in [-0.2, 0) is 16.1 Å². The molecule has 0 aliphatic heterocycles. The van der Waals surface area contributed by atoms with Crippen LogP contribution in [0, 0.1) is 0 Å². The lowest BCUT2D eigenvalue weighted by Crippen LogP contribution is -2.29. The van der Waals surface area contributed by atoms with Crippen LogP contribution in [0.15, 0.2) is 27.9 Å². The molecule has 2 heterocycles. The van der Waals surface area contributed by atoms with Gasteiger partial charge >= 0.3 is 11.7 Å². The Morgan fingerprint density at radius 3 is 2.75 bits per heavy atom. The zero-order valence-electron chi connectivity index (χ0n) is 11.4. The minimum atomic E-state index is -0.753. The molecule has 8 nitrogen and oxygen atoms in total. The van der Waals surface area contributed by atoms with Gasteiger partial charge in [0.2, 0.25) is 5.82 Å². The average molecular weight is 278 g/mol. The molecule has 0 aliphatic carbocycles. The van der Waals surface area contributed by atoms with Gasteiger partial charge in [-0.3, -0.25) is 14.3 Å². The van der Waals surface area contributed by atoms with Crippen molar-refractivity contribution in [3.05, 3.63) is 29.1 Å². The zero-order chi connectivity index (χ0) is 14.8. The molecule has 0 N–H and O–H groups in total. The normalized spacial score (nSPS) is 11.3. The third kappa shape index (κ3) is 3.28. The minimum absolute atomic E-state index is 0.133. The number of rotatable bonds is 3. The molecule has 106 valence electrons. The molecule has 0 fully saturated rings. The van der Waals surface area contributed by atoms with Crippen molar-refractivity contribution in [2.24, 2.45) is 0 Å². The van der Waals surface area contributed by atoms with Crippen molar-refractivity contribution in [1.82, 2.24) is 19.7 Å². The summed E-state index contributed by atoms with van der Waals surface area (Å²) in [6, 6.07) is 0. The van der Waals surface area contributed by atoms with Gasteiger partial charge in [-0.25, -0.2) is 14.3 Å². The highest BCUT2D eigenvalue weighted by Gasteiger charge is 2.21. The van der Waals surface area contributed by atoms with Crippen molar-refractivity contribution >= 4 is 5.97 Å². The first-order valence-corrected chi connectivity index (χ1v) is 5.91. The Balaban J connectivity index is 2.27. The number of nitrogens with zero attached hydrogens (tertiary/aromatic N) is 4. The van der Waals surface area contributed by atoms with Crippen LogP contribution < -0.4 is 5.76 Å². The van der Waals surface area contributed by atoms with Gasteiger partial charge in [0.25, 0.3) is 0 Å². The fourth-order valence-electron chi connectivity index (χ4n) is 1.51. The molecule has 2 rings (SSSR count). The maximum Gasteiger partial charge on any atom is 0.442 e. The number of ether oxygens (including phenoxy) is 1. The van der Waals surface area contributed by atoms with Gasteiger partial charge in [0.15, 0.2) is 0 Å². The Morgan fingerprint density at radius 1 is 1.40 bits per heavy atom. The fourth-order valence-corrected chi connectivity index (χ4v) is 1.51. The molecule has 0 saturated carbocycles. The predicted octanol–water partition coefficient (Wildman–Crippen LogP) is 0.635. The molecule has 2 aromatic rings. The monoisotopic (exact) mass is 278 g/mol. The van der Waals surface area contributed by atoms with E-state index in [0.717, 1.165) is 4.57 Å². The number of carbonyl (C=O) groups is 1. The molecular weight excluding hydrogens is 264 g/mol. The summed E-state index contributed by atoms with van der Waals surface area (Å²) in [5.74, 6) is -1.18. The maximum absolute atomic E-state index is 11.8. The molecule has 8 heteroatoms. The van der Waals surface area contributed by atoms with Crippen molar-refractivity contribution in [3.8, 4) is 11.5 Å². The molecule has 2 aromatic heterocycles. The summed E-state index contributed by atoms with van der Waals surface area (Å²) in [4.78, 5) is 31.2. The Morgan fingerprint density at radius 2 is 2.15 bits per heavy atom. The first-order chi connectivity index (χ1) is 9.37. The van der Waals surface area contributed by atoms with E-state index >= 15 is 0 Å². The lowest BCUT2D eigenvalue weighted by atomic mass is 10.2. The number of hydrogen-bond donors (Lipinski definition) is 0. The lowest BCUT2D eigenvalue weighted by Gasteiger charge is -2.19. The van der Waals surface area contributed by atoms with Gasteiger partial charge in [0.05, 0.1) is 6.20 Å². The first kappa shape index (κ1) is 13.9. The van der Waals surface area contributed by atoms with E-state index in [9.17, 15) is 9.59 Å². The second-order valence-electron chi connectivity index (χ2n) is 5.04. The molecule has 0 aromatic carbocycles. The Kier molecular flexibility index (Phi) is 3.64. The first-order valence-electron chi connectivity index (χ1n) is 5.91. The summed E-state index contributed by atoms with van der Waals surface area (Å²) >= 11 is 0. The number of aromatic nitrogens is 4. The van der Waals surface area contributed by atoms with Gasteiger partial charge in [0.1, 0.15) is 17.8 Å². The van der Waals surface area contributed by atoms with Crippen molar-refractivity contribution in [2.75, 3.05) is 0 Å².